The zero-order valence-corrected chi connectivity index (χ0v) is 12.1. The molecule has 1 aliphatic carbocycles. The van der Waals surface area contributed by atoms with Crippen molar-refractivity contribution in [1.29, 1.82) is 0 Å². The highest BCUT2D eigenvalue weighted by Gasteiger charge is 2.28. The maximum atomic E-state index is 9.36. The summed E-state index contributed by atoms with van der Waals surface area (Å²) in [7, 11) is 2.09. The molecule has 1 fully saturated rings. The predicted molar refractivity (Wildman–Crippen MR) is 78.2 cm³/mol. The van der Waals surface area contributed by atoms with Gasteiger partial charge in [-0.2, -0.15) is 0 Å². The third kappa shape index (κ3) is 3.91. The Labute approximate surface area is 115 Å². The number of nitrogens with one attached hydrogen (secondary N) is 1. The number of aromatic nitrogens is 1. The van der Waals surface area contributed by atoms with Crippen LogP contribution in [0.3, 0.4) is 0 Å². The van der Waals surface area contributed by atoms with Gasteiger partial charge in [0, 0.05) is 37.9 Å². The minimum atomic E-state index is -0.0794. The summed E-state index contributed by atoms with van der Waals surface area (Å²) in [6.45, 7) is 6.12. The van der Waals surface area contributed by atoms with E-state index in [0.29, 0.717) is 12.0 Å². The van der Waals surface area contributed by atoms with Crippen LogP contribution in [0.1, 0.15) is 32.3 Å². The van der Waals surface area contributed by atoms with E-state index in [2.05, 4.69) is 42.2 Å². The molecule has 0 aromatic carbocycles. The van der Waals surface area contributed by atoms with Gasteiger partial charge in [-0.3, -0.25) is 0 Å². The molecule has 0 bridgehead atoms. The van der Waals surface area contributed by atoms with Gasteiger partial charge in [-0.25, -0.2) is 4.98 Å². The Hall–Kier alpha value is -1.13. The first-order valence-corrected chi connectivity index (χ1v) is 7.12. The Morgan fingerprint density at radius 2 is 2.21 bits per heavy atom. The largest absolute Gasteiger partial charge is 0.393 e. The van der Waals surface area contributed by atoms with Crippen LogP contribution in [-0.4, -0.2) is 35.8 Å². The zero-order chi connectivity index (χ0) is 13.8. The number of aliphatic hydroxyl groups excluding tert-OH is 1. The number of aliphatic hydroxyl groups is 1. The fourth-order valence-electron chi connectivity index (χ4n) is 2.55. The van der Waals surface area contributed by atoms with E-state index in [4.69, 9.17) is 0 Å². The normalized spacial score (nSPS) is 22.4. The topological polar surface area (TPSA) is 48.4 Å². The Kier molecular flexibility index (Phi) is 4.77. The van der Waals surface area contributed by atoms with Crippen LogP contribution in [0.25, 0.3) is 0 Å². The minimum Gasteiger partial charge on any atom is -0.393 e. The van der Waals surface area contributed by atoms with Crippen molar-refractivity contribution < 1.29 is 5.11 Å². The molecule has 2 rings (SSSR count). The fourth-order valence-corrected chi connectivity index (χ4v) is 2.55. The van der Waals surface area contributed by atoms with Crippen molar-refractivity contribution in [3.05, 3.63) is 23.9 Å². The molecule has 0 atom stereocenters. The molecule has 0 saturated heterocycles. The Morgan fingerprint density at radius 3 is 2.84 bits per heavy atom. The Bertz CT molecular complexity index is 402. The quantitative estimate of drug-likeness (QED) is 0.821. The molecular formula is C15H25N3O. The predicted octanol–water partition coefficient (Wildman–Crippen LogP) is 1.79. The summed E-state index contributed by atoms with van der Waals surface area (Å²) in [4.78, 5) is 6.73. The number of hydrogen-bond acceptors (Lipinski definition) is 4. The molecule has 1 aromatic rings. The first kappa shape index (κ1) is 14.3. The summed E-state index contributed by atoms with van der Waals surface area (Å²) < 4.78 is 0. The van der Waals surface area contributed by atoms with Crippen molar-refractivity contribution >= 4 is 5.82 Å². The second-order valence-corrected chi connectivity index (χ2v) is 5.89. The summed E-state index contributed by atoms with van der Waals surface area (Å²) in [5, 5.41) is 12.8. The number of hydrogen-bond donors (Lipinski definition) is 2. The second-order valence-electron chi connectivity index (χ2n) is 5.89. The molecule has 4 nitrogen and oxygen atoms in total. The van der Waals surface area contributed by atoms with Gasteiger partial charge in [-0.05, 0) is 24.8 Å². The summed E-state index contributed by atoms with van der Waals surface area (Å²) in [5.41, 5.74) is 1.23. The molecule has 1 aliphatic rings. The maximum Gasteiger partial charge on any atom is 0.132 e. The number of nitrogens with zero attached hydrogens (tertiary/aromatic N) is 2. The van der Waals surface area contributed by atoms with Crippen LogP contribution >= 0.6 is 0 Å². The lowest BCUT2D eigenvalue weighted by Crippen LogP contribution is -2.37. The van der Waals surface area contributed by atoms with Gasteiger partial charge in [0.15, 0.2) is 0 Å². The lowest BCUT2D eigenvalue weighted by Gasteiger charge is -2.35. The molecule has 1 saturated carbocycles. The summed E-state index contributed by atoms with van der Waals surface area (Å²) in [5.74, 6) is 1.66. The van der Waals surface area contributed by atoms with Gasteiger partial charge >= 0.3 is 0 Å². The molecule has 0 aliphatic heterocycles. The Morgan fingerprint density at radius 1 is 1.47 bits per heavy atom. The standard InChI is InChI=1S/C15H25N3O/c1-11(2)17-9-13-5-4-6-16-15(13)18(3)10-12-7-14(19)8-12/h4-6,11-12,14,17,19H,7-10H2,1-3H3. The monoisotopic (exact) mass is 263 g/mol. The minimum absolute atomic E-state index is 0.0794. The molecule has 106 valence electrons. The van der Waals surface area contributed by atoms with Crippen molar-refractivity contribution in [2.75, 3.05) is 18.5 Å². The summed E-state index contributed by atoms with van der Waals surface area (Å²) in [6, 6.07) is 4.59. The van der Waals surface area contributed by atoms with Gasteiger partial charge in [-0.1, -0.05) is 19.9 Å². The van der Waals surface area contributed by atoms with Crippen molar-refractivity contribution in [1.82, 2.24) is 10.3 Å². The van der Waals surface area contributed by atoms with E-state index in [-0.39, 0.29) is 6.10 Å². The fraction of sp³-hybridized carbons (Fsp3) is 0.667. The van der Waals surface area contributed by atoms with E-state index in [9.17, 15) is 5.11 Å². The smallest absolute Gasteiger partial charge is 0.132 e. The van der Waals surface area contributed by atoms with E-state index in [1.165, 1.54) is 5.56 Å². The van der Waals surface area contributed by atoms with Gasteiger partial charge < -0.3 is 15.3 Å². The summed E-state index contributed by atoms with van der Waals surface area (Å²) in [6.07, 6.45) is 3.62. The van der Waals surface area contributed by atoms with Crippen molar-refractivity contribution in [3.63, 3.8) is 0 Å². The molecule has 0 radical (unpaired) electrons. The second kappa shape index (κ2) is 6.35. The first-order valence-electron chi connectivity index (χ1n) is 7.12. The van der Waals surface area contributed by atoms with E-state index >= 15 is 0 Å². The highest BCUT2D eigenvalue weighted by molar-refractivity contribution is 5.46. The van der Waals surface area contributed by atoms with Crippen LogP contribution in [0.15, 0.2) is 18.3 Å². The van der Waals surface area contributed by atoms with Gasteiger partial charge in [0.25, 0.3) is 0 Å². The number of anilines is 1. The molecule has 2 N–H and O–H groups in total. The van der Waals surface area contributed by atoms with E-state index in [1.54, 1.807) is 0 Å². The van der Waals surface area contributed by atoms with Gasteiger partial charge in [0.1, 0.15) is 5.82 Å². The maximum absolute atomic E-state index is 9.36. The molecular weight excluding hydrogens is 238 g/mol. The van der Waals surface area contributed by atoms with Crippen LogP contribution in [-0.2, 0) is 6.54 Å². The highest BCUT2D eigenvalue weighted by Crippen LogP contribution is 2.29. The van der Waals surface area contributed by atoms with E-state index < -0.39 is 0 Å². The third-order valence-corrected chi connectivity index (χ3v) is 3.67. The molecule has 1 aromatic heterocycles. The van der Waals surface area contributed by atoms with Crippen molar-refractivity contribution in [3.8, 4) is 0 Å². The SMILES string of the molecule is CC(C)NCc1cccnc1N(C)CC1CC(O)C1. The third-order valence-electron chi connectivity index (χ3n) is 3.67. The van der Waals surface area contributed by atoms with Gasteiger partial charge in [-0.15, -0.1) is 0 Å². The van der Waals surface area contributed by atoms with Crippen molar-refractivity contribution in [2.24, 2.45) is 5.92 Å². The Balaban J connectivity index is 1.97. The molecule has 0 spiro atoms. The molecule has 19 heavy (non-hydrogen) atoms. The van der Waals surface area contributed by atoms with Crippen LogP contribution in [0, 0.1) is 5.92 Å². The van der Waals surface area contributed by atoms with Gasteiger partial charge in [0.2, 0.25) is 0 Å². The number of pyridine rings is 1. The van der Waals surface area contributed by atoms with E-state index in [0.717, 1.165) is 31.7 Å². The lowest BCUT2D eigenvalue weighted by molar-refractivity contribution is 0.0464. The van der Waals surface area contributed by atoms with Crippen LogP contribution < -0.4 is 10.2 Å². The van der Waals surface area contributed by atoms with Crippen molar-refractivity contribution in [2.45, 2.75) is 45.4 Å². The molecule has 0 amide bonds. The first-order chi connectivity index (χ1) is 9.06. The molecule has 4 heteroatoms. The number of rotatable bonds is 6. The average Bonchev–Trinajstić information content (AvgIpc) is 2.34. The average molecular weight is 263 g/mol. The van der Waals surface area contributed by atoms with Crippen LogP contribution in [0.5, 0.6) is 0 Å². The molecule has 0 unspecified atom stereocenters. The van der Waals surface area contributed by atoms with E-state index in [1.807, 2.05) is 12.3 Å². The highest BCUT2D eigenvalue weighted by atomic mass is 16.3. The van der Waals surface area contributed by atoms with Gasteiger partial charge in [0.05, 0.1) is 6.10 Å². The van der Waals surface area contributed by atoms with Crippen LogP contribution in [0.4, 0.5) is 5.82 Å². The van der Waals surface area contributed by atoms with Crippen LogP contribution in [0.2, 0.25) is 0 Å². The lowest BCUT2D eigenvalue weighted by atomic mass is 9.82. The summed E-state index contributed by atoms with van der Waals surface area (Å²) >= 11 is 0. The zero-order valence-electron chi connectivity index (χ0n) is 12.1. The molecule has 1 heterocycles.